The third kappa shape index (κ3) is 4.20. The third-order valence-corrected chi connectivity index (χ3v) is 4.31. The molecule has 0 bridgehead atoms. The summed E-state index contributed by atoms with van der Waals surface area (Å²) in [6, 6.07) is 5.93. The van der Waals surface area contributed by atoms with Gasteiger partial charge in [-0.2, -0.15) is 0 Å². The second-order valence-corrected chi connectivity index (χ2v) is 6.13. The number of ether oxygens (including phenoxy) is 1. The van der Waals surface area contributed by atoms with E-state index in [4.69, 9.17) is 16.3 Å². The first-order chi connectivity index (χ1) is 11.6. The van der Waals surface area contributed by atoms with E-state index in [0.29, 0.717) is 6.01 Å². The lowest BCUT2D eigenvalue weighted by atomic mass is 9.92. The number of hydrogen-bond acceptors (Lipinski definition) is 4. The fourth-order valence-corrected chi connectivity index (χ4v) is 3.01. The molecule has 1 aliphatic rings. The number of hydrogen-bond donors (Lipinski definition) is 1. The van der Waals surface area contributed by atoms with Crippen molar-refractivity contribution in [2.45, 2.75) is 37.8 Å². The maximum atomic E-state index is 13.1. The van der Waals surface area contributed by atoms with E-state index >= 15 is 0 Å². The van der Waals surface area contributed by atoms with Gasteiger partial charge in [0.2, 0.25) is 0 Å². The number of aromatic nitrogens is 2. The topological polar surface area (TPSA) is 64.1 Å². The molecule has 2 aromatic rings. The minimum Gasteiger partial charge on any atom is -0.460 e. The first-order valence-electron chi connectivity index (χ1n) is 7.81. The Morgan fingerprint density at radius 1 is 1.21 bits per heavy atom. The van der Waals surface area contributed by atoms with E-state index in [9.17, 15) is 9.18 Å². The molecule has 0 radical (unpaired) electrons. The van der Waals surface area contributed by atoms with Crippen LogP contribution in [0.25, 0.3) is 0 Å². The van der Waals surface area contributed by atoms with Crippen molar-refractivity contribution in [2.75, 3.05) is 0 Å². The molecular formula is C17H17ClFN3O2. The molecular weight excluding hydrogens is 333 g/mol. The molecule has 1 saturated carbocycles. The van der Waals surface area contributed by atoms with Gasteiger partial charge >= 0.3 is 6.01 Å². The summed E-state index contributed by atoms with van der Waals surface area (Å²) in [6.45, 7) is 0. The highest BCUT2D eigenvalue weighted by Gasteiger charge is 2.25. The average Bonchev–Trinajstić information content (AvgIpc) is 2.57. The Balaban J connectivity index is 1.51. The molecule has 1 aromatic carbocycles. The SMILES string of the molecule is O=C(NC1CCC(Oc2ncccn2)CC1)c1ccc(F)cc1Cl. The smallest absolute Gasteiger partial charge is 0.316 e. The molecule has 3 rings (SSSR count). The van der Waals surface area contributed by atoms with Crippen molar-refractivity contribution in [3.63, 3.8) is 0 Å². The van der Waals surface area contributed by atoms with Crippen molar-refractivity contribution in [1.29, 1.82) is 0 Å². The van der Waals surface area contributed by atoms with Crippen LogP contribution in [0.4, 0.5) is 4.39 Å². The van der Waals surface area contributed by atoms with Gasteiger partial charge in [0.05, 0.1) is 10.6 Å². The Labute approximate surface area is 144 Å². The van der Waals surface area contributed by atoms with Crippen LogP contribution in [0, 0.1) is 5.82 Å². The zero-order valence-electron chi connectivity index (χ0n) is 12.9. The second kappa shape index (κ2) is 7.57. The summed E-state index contributed by atoms with van der Waals surface area (Å²) in [6.07, 6.45) is 6.53. The first-order valence-corrected chi connectivity index (χ1v) is 8.19. The van der Waals surface area contributed by atoms with E-state index in [0.717, 1.165) is 31.7 Å². The standard InChI is InChI=1S/C17H17ClFN3O2/c18-15-10-11(19)2-7-14(15)16(23)22-12-3-5-13(6-4-12)24-17-20-8-1-9-21-17/h1-2,7-10,12-13H,3-6H2,(H,22,23). The van der Waals surface area contributed by atoms with Crippen LogP contribution < -0.4 is 10.1 Å². The van der Waals surface area contributed by atoms with Crippen LogP contribution in [-0.4, -0.2) is 28.0 Å². The van der Waals surface area contributed by atoms with Crippen molar-refractivity contribution >= 4 is 17.5 Å². The zero-order chi connectivity index (χ0) is 16.9. The van der Waals surface area contributed by atoms with Crippen molar-refractivity contribution in [3.05, 3.63) is 53.1 Å². The number of carbonyl (C=O) groups excluding carboxylic acids is 1. The summed E-state index contributed by atoms with van der Waals surface area (Å²) in [7, 11) is 0. The Hall–Kier alpha value is -2.21. The van der Waals surface area contributed by atoms with Crippen molar-refractivity contribution in [1.82, 2.24) is 15.3 Å². The zero-order valence-corrected chi connectivity index (χ0v) is 13.7. The highest BCUT2D eigenvalue weighted by atomic mass is 35.5. The van der Waals surface area contributed by atoms with Gasteiger partial charge in [-0.3, -0.25) is 4.79 Å². The first kappa shape index (κ1) is 16.6. The molecule has 0 unspecified atom stereocenters. The minimum absolute atomic E-state index is 0.0509. The van der Waals surface area contributed by atoms with Gasteiger partial charge < -0.3 is 10.1 Å². The second-order valence-electron chi connectivity index (χ2n) is 5.72. The maximum Gasteiger partial charge on any atom is 0.316 e. The molecule has 5 nitrogen and oxygen atoms in total. The van der Waals surface area contributed by atoms with Gasteiger partial charge in [-0.25, -0.2) is 14.4 Å². The average molecular weight is 350 g/mol. The van der Waals surface area contributed by atoms with E-state index < -0.39 is 5.82 Å². The molecule has 24 heavy (non-hydrogen) atoms. The van der Waals surface area contributed by atoms with Gasteiger partial charge in [0, 0.05) is 18.4 Å². The van der Waals surface area contributed by atoms with Crippen molar-refractivity contribution < 1.29 is 13.9 Å². The number of halogens is 2. The number of nitrogens with one attached hydrogen (secondary N) is 1. The van der Waals surface area contributed by atoms with Crippen LogP contribution in [0.2, 0.25) is 5.02 Å². The van der Waals surface area contributed by atoms with Crippen LogP contribution in [0.15, 0.2) is 36.7 Å². The molecule has 0 saturated heterocycles. The predicted molar refractivity (Wildman–Crippen MR) is 87.6 cm³/mol. The van der Waals surface area contributed by atoms with E-state index in [1.54, 1.807) is 18.5 Å². The van der Waals surface area contributed by atoms with Crippen LogP contribution in [0.3, 0.4) is 0 Å². The fraction of sp³-hybridized carbons (Fsp3) is 0.353. The molecule has 0 spiro atoms. The highest BCUT2D eigenvalue weighted by Crippen LogP contribution is 2.23. The van der Waals surface area contributed by atoms with Gasteiger partial charge in [-0.05, 0) is 49.9 Å². The van der Waals surface area contributed by atoms with Gasteiger partial charge in [0.25, 0.3) is 5.91 Å². The van der Waals surface area contributed by atoms with Crippen LogP contribution in [0.5, 0.6) is 6.01 Å². The molecule has 0 aliphatic heterocycles. The van der Waals surface area contributed by atoms with E-state index in [2.05, 4.69) is 15.3 Å². The van der Waals surface area contributed by atoms with Gasteiger partial charge in [-0.15, -0.1) is 0 Å². The Morgan fingerprint density at radius 3 is 2.58 bits per heavy atom. The monoisotopic (exact) mass is 349 g/mol. The number of amides is 1. The van der Waals surface area contributed by atoms with Crippen LogP contribution >= 0.6 is 11.6 Å². The molecule has 1 N–H and O–H groups in total. The number of rotatable bonds is 4. The van der Waals surface area contributed by atoms with Gasteiger partial charge in [-0.1, -0.05) is 11.6 Å². The molecule has 1 aromatic heterocycles. The van der Waals surface area contributed by atoms with E-state index in [1.165, 1.54) is 12.1 Å². The number of carbonyl (C=O) groups is 1. The number of benzene rings is 1. The summed E-state index contributed by atoms with van der Waals surface area (Å²) < 4.78 is 18.8. The Morgan fingerprint density at radius 2 is 1.92 bits per heavy atom. The molecule has 126 valence electrons. The molecule has 7 heteroatoms. The molecule has 1 amide bonds. The molecule has 1 fully saturated rings. The maximum absolute atomic E-state index is 13.1. The molecule has 1 aliphatic carbocycles. The third-order valence-electron chi connectivity index (χ3n) is 4.00. The lowest BCUT2D eigenvalue weighted by molar-refractivity contribution is 0.0885. The fourth-order valence-electron chi connectivity index (χ4n) is 2.76. The van der Waals surface area contributed by atoms with Crippen LogP contribution in [-0.2, 0) is 0 Å². The Kier molecular flexibility index (Phi) is 5.25. The molecule has 1 heterocycles. The summed E-state index contributed by atoms with van der Waals surface area (Å²) in [5.41, 5.74) is 0.286. The molecule has 0 atom stereocenters. The van der Waals surface area contributed by atoms with E-state index in [1.807, 2.05) is 0 Å². The van der Waals surface area contributed by atoms with Crippen LogP contribution in [0.1, 0.15) is 36.0 Å². The summed E-state index contributed by atoms with van der Waals surface area (Å²) in [5, 5.41) is 3.06. The minimum atomic E-state index is -0.461. The van der Waals surface area contributed by atoms with E-state index in [-0.39, 0.29) is 28.6 Å². The normalized spacial score (nSPS) is 20.4. The lowest BCUT2D eigenvalue weighted by Gasteiger charge is -2.28. The van der Waals surface area contributed by atoms with Gasteiger partial charge in [0.1, 0.15) is 11.9 Å². The number of nitrogens with zero attached hydrogens (tertiary/aromatic N) is 2. The quantitative estimate of drug-likeness (QED) is 0.919. The highest BCUT2D eigenvalue weighted by molar-refractivity contribution is 6.33. The van der Waals surface area contributed by atoms with Gasteiger partial charge in [0.15, 0.2) is 0 Å². The Bertz CT molecular complexity index is 706. The van der Waals surface area contributed by atoms with Crippen molar-refractivity contribution in [3.8, 4) is 6.01 Å². The predicted octanol–water partition coefficient (Wildman–Crippen LogP) is 3.39. The summed E-state index contributed by atoms with van der Waals surface area (Å²) in [5.74, 6) is -0.743. The lowest BCUT2D eigenvalue weighted by Crippen LogP contribution is -2.39. The largest absolute Gasteiger partial charge is 0.460 e. The van der Waals surface area contributed by atoms with Crippen molar-refractivity contribution in [2.24, 2.45) is 0 Å². The summed E-state index contributed by atoms with van der Waals surface area (Å²) >= 11 is 5.92. The summed E-state index contributed by atoms with van der Waals surface area (Å²) in [4.78, 5) is 20.3.